The summed E-state index contributed by atoms with van der Waals surface area (Å²) in [6.07, 6.45) is 7.04. The molecule has 0 radical (unpaired) electrons. The Labute approximate surface area is 128 Å². The highest BCUT2D eigenvalue weighted by Gasteiger charge is 2.38. The Balaban J connectivity index is 2.74. The van der Waals surface area contributed by atoms with Gasteiger partial charge in [0.25, 0.3) is 0 Å². The highest BCUT2D eigenvalue weighted by atomic mass is 14.9. The van der Waals surface area contributed by atoms with Gasteiger partial charge in [-0.15, -0.1) is 0 Å². The molecule has 120 valence electrons. The normalized spacial score (nSPS) is 28.4. The van der Waals surface area contributed by atoms with Crippen LogP contribution in [0.3, 0.4) is 0 Å². The van der Waals surface area contributed by atoms with E-state index in [-0.39, 0.29) is 0 Å². The van der Waals surface area contributed by atoms with Gasteiger partial charge in [-0.1, -0.05) is 61.3 Å². The van der Waals surface area contributed by atoms with Crippen LogP contribution in [0.1, 0.15) is 80.6 Å². The van der Waals surface area contributed by atoms with Crippen LogP contribution in [0.15, 0.2) is 0 Å². The molecule has 1 heteroatoms. The monoisotopic (exact) mass is 281 g/mol. The van der Waals surface area contributed by atoms with Gasteiger partial charge in [0.05, 0.1) is 0 Å². The van der Waals surface area contributed by atoms with Crippen LogP contribution < -0.4 is 5.32 Å². The maximum absolute atomic E-state index is 3.70. The minimum Gasteiger partial charge on any atom is -0.314 e. The van der Waals surface area contributed by atoms with Crippen LogP contribution in [0.5, 0.6) is 0 Å². The third kappa shape index (κ3) is 5.06. The molecule has 1 aliphatic rings. The molecule has 1 rings (SSSR count). The van der Waals surface area contributed by atoms with Gasteiger partial charge in [0.2, 0.25) is 0 Å². The van der Waals surface area contributed by atoms with Gasteiger partial charge in [-0.3, -0.25) is 0 Å². The van der Waals surface area contributed by atoms with Crippen molar-refractivity contribution in [3.8, 4) is 0 Å². The van der Waals surface area contributed by atoms with Gasteiger partial charge in [0.15, 0.2) is 0 Å². The lowest BCUT2D eigenvalue weighted by Crippen LogP contribution is -2.41. The van der Waals surface area contributed by atoms with Crippen molar-refractivity contribution < 1.29 is 0 Å². The molecule has 0 bridgehead atoms. The fraction of sp³-hybridized carbons (Fsp3) is 1.00. The van der Waals surface area contributed by atoms with E-state index in [0.717, 1.165) is 23.7 Å². The maximum Gasteiger partial charge on any atom is 0.00104 e. The van der Waals surface area contributed by atoms with Crippen molar-refractivity contribution in [2.45, 2.75) is 86.6 Å². The van der Waals surface area contributed by atoms with E-state index in [4.69, 9.17) is 0 Å². The lowest BCUT2D eigenvalue weighted by atomic mass is 9.61. The molecule has 0 aromatic rings. The van der Waals surface area contributed by atoms with E-state index in [1.54, 1.807) is 0 Å². The van der Waals surface area contributed by atoms with Gasteiger partial charge in [-0.25, -0.2) is 0 Å². The first kappa shape index (κ1) is 18.0. The molecule has 0 saturated heterocycles. The van der Waals surface area contributed by atoms with Crippen LogP contribution in [0, 0.1) is 29.1 Å². The average molecular weight is 282 g/mol. The Morgan fingerprint density at radius 2 is 1.65 bits per heavy atom. The zero-order valence-corrected chi connectivity index (χ0v) is 15.1. The van der Waals surface area contributed by atoms with Crippen molar-refractivity contribution in [1.82, 2.24) is 5.32 Å². The molecule has 0 spiro atoms. The molecule has 0 aliphatic heterocycles. The van der Waals surface area contributed by atoms with Gasteiger partial charge in [-0.05, 0) is 54.9 Å². The fourth-order valence-electron chi connectivity index (χ4n) is 4.17. The topological polar surface area (TPSA) is 12.0 Å². The summed E-state index contributed by atoms with van der Waals surface area (Å²) in [6, 6.07) is 0.623. The van der Waals surface area contributed by atoms with E-state index < -0.39 is 0 Å². The van der Waals surface area contributed by atoms with E-state index in [9.17, 15) is 0 Å². The van der Waals surface area contributed by atoms with Crippen molar-refractivity contribution >= 4 is 0 Å². The predicted octanol–water partition coefficient (Wildman–Crippen LogP) is 5.50. The van der Waals surface area contributed by atoms with Crippen LogP contribution in [0.25, 0.3) is 0 Å². The molecule has 1 N–H and O–H groups in total. The van der Waals surface area contributed by atoms with Gasteiger partial charge < -0.3 is 5.32 Å². The van der Waals surface area contributed by atoms with E-state index in [0.29, 0.717) is 11.5 Å². The standard InChI is InChI=1S/C19H39N/c1-8-15(9-2)18-12-17(19(5,6)7)11-10-16(18)13-20-14(3)4/h14-18,20H,8-13H2,1-7H3. The fourth-order valence-corrected chi connectivity index (χ4v) is 4.17. The Kier molecular flexibility index (Phi) is 7.04. The first-order chi connectivity index (χ1) is 9.29. The van der Waals surface area contributed by atoms with Gasteiger partial charge in [0.1, 0.15) is 0 Å². The zero-order chi connectivity index (χ0) is 15.3. The van der Waals surface area contributed by atoms with Gasteiger partial charge in [-0.2, -0.15) is 0 Å². The van der Waals surface area contributed by atoms with Crippen molar-refractivity contribution in [3.63, 3.8) is 0 Å². The number of rotatable bonds is 6. The van der Waals surface area contributed by atoms with Crippen molar-refractivity contribution in [1.29, 1.82) is 0 Å². The quantitative estimate of drug-likeness (QED) is 0.678. The summed E-state index contributed by atoms with van der Waals surface area (Å²) in [5.41, 5.74) is 0.487. The number of hydrogen-bond acceptors (Lipinski definition) is 1. The van der Waals surface area contributed by atoms with E-state index in [1.165, 1.54) is 38.6 Å². The summed E-state index contributed by atoms with van der Waals surface area (Å²) >= 11 is 0. The van der Waals surface area contributed by atoms with Crippen LogP contribution in [-0.4, -0.2) is 12.6 Å². The second-order valence-corrected chi connectivity index (χ2v) is 8.44. The lowest BCUT2D eigenvalue weighted by Gasteiger charge is -2.45. The van der Waals surface area contributed by atoms with Crippen molar-refractivity contribution in [2.75, 3.05) is 6.54 Å². The molecule has 1 aliphatic carbocycles. The highest BCUT2D eigenvalue weighted by molar-refractivity contribution is 4.89. The minimum absolute atomic E-state index is 0.487. The van der Waals surface area contributed by atoms with Crippen molar-refractivity contribution in [2.24, 2.45) is 29.1 Å². The minimum atomic E-state index is 0.487. The Bertz CT molecular complexity index is 259. The molecule has 20 heavy (non-hydrogen) atoms. The maximum atomic E-state index is 3.70. The van der Waals surface area contributed by atoms with Crippen LogP contribution in [0.2, 0.25) is 0 Å². The molecule has 3 unspecified atom stereocenters. The van der Waals surface area contributed by atoms with Crippen molar-refractivity contribution in [3.05, 3.63) is 0 Å². The smallest absolute Gasteiger partial charge is 0.00104 e. The first-order valence-corrected chi connectivity index (χ1v) is 9.02. The van der Waals surface area contributed by atoms with Crippen LogP contribution in [0.4, 0.5) is 0 Å². The summed E-state index contributed by atoms with van der Waals surface area (Å²) < 4.78 is 0. The molecular formula is C19H39N. The lowest BCUT2D eigenvalue weighted by molar-refractivity contribution is 0.0597. The number of hydrogen-bond donors (Lipinski definition) is 1. The summed E-state index contributed by atoms with van der Waals surface area (Å²) in [4.78, 5) is 0. The predicted molar refractivity (Wildman–Crippen MR) is 91.0 cm³/mol. The SMILES string of the molecule is CCC(CC)C1CC(C(C)(C)C)CCC1CNC(C)C. The van der Waals surface area contributed by atoms with Gasteiger partial charge in [0, 0.05) is 6.04 Å². The highest BCUT2D eigenvalue weighted by Crippen LogP contribution is 2.46. The largest absolute Gasteiger partial charge is 0.314 e. The molecule has 1 nitrogen and oxygen atoms in total. The van der Waals surface area contributed by atoms with Gasteiger partial charge >= 0.3 is 0 Å². The second kappa shape index (κ2) is 7.82. The second-order valence-electron chi connectivity index (χ2n) is 8.44. The molecule has 3 atom stereocenters. The zero-order valence-electron chi connectivity index (χ0n) is 15.1. The van der Waals surface area contributed by atoms with Crippen LogP contribution in [-0.2, 0) is 0 Å². The summed E-state index contributed by atoms with van der Waals surface area (Å²) in [7, 11) is 0. The third-order valence-electron chi connectivity index (χ3n) is 5.72. The molecule has 0 heterocycles. The van der Waals surface area contributed by atoms with E-state index >= 15 is 0 Å². The molecule has 0 aromatic heterocycles. The van der Waals surface area contributed by atoms with E-state index in [1.807, 2.05) is 0 Å². The third-order valence-corrected chi connectivity index (χ3v) is 5.72. The average Bonchev–Trinajstić information content (AvgIpc) is 2.37. The Morgan fingerprint density at radius 3 is 2.10 bits per heavy atom. The molecule has 0 amide bonds. The Morgan fingerprint density at radius 1 is 1.05 bits per heavy atom. The summed E-state index contributed by atoms with van der Waals surface area (Å²) in [6.45, 7) is 17.9. The summed E-state index contributed by atoms with van der Waals surface area (Å²) in [5.74, 6) is 3.69. The molecular weight excluding hydrogens is 242 g/mol. The summed E-state index contributed by atoms with van der Waals surface area (Å²) in [5, 5.41) is 3.70. The molecule has 1 fully saturated rings. The molecule has 0 aromatic carbocycles. The Hall–Kier alpha value is -0.0400. The number of nitrogens with one attached hydrogen (secondary N) is 1. The molecule has 1 saturated carbocycles. The van der Waals surface area contributed by atoms with Crippen LogP contribution >= 0.6 is 0 Å². The van der Waals surface area contributed by atoms with E-state index in [2.05, 4.69) is 53.8 Å². The first-order valence-electron chi connectivity index (χ1n) is 9.02.